The van der Waals surface area contributed by atoms with Crippen LogP contribution in [0.2, 0.25) is 5.02 Å². The van der Waals surface area contributed by atoms with E-state index in [-0.39, 0.29) is 0 Å². The number of nitrogens with zero attached hydrogens (tertiary/aromatic N) is 2. The van der Waals surface area contributed by atoms with Crippen molar-refractivity contribution >= 4 is 17.4 Å². The molecule has 0 amide bonds. The summed E-state index contributed by atoms with van der Waals surface area (Å²) in [5, 5.41) is 0.655. The molecule has 0 saturated carbocycles. The molecule has 3 nitrogen and oxygen atoms in total. The Morgan fingerprint density at radius 2 is 1.89 bits per heavy atom. The summed E-state index contributed by atoms with van der Waals surface area (Å²) < 4.78 is 0. The minimum atomic E-state index is 0.557. The van der Waals surface area contributed by atoms with E-state index in [4.69, 9.17) is 17.3 Å². The maximum atomic E-state index is 5.87. The van der Waals surface area contributed by atoms with Gasteiger partial charge in [0.05, 0.1) is 5.02 Å². The quantitative estimate of drug-likeness (QED) is 0.911. The molecule has 1 aromatic heterocycles. The van der Waals surface area contributed by atoms with Gasteiger partial charge in [-0.1, -0.05) is 35.9 Å². The van der Waals surface area contributed by atoms with Crippen molar-refractivity contribution in [1.29, 1.82) is 0 Å². The van der Waals surface area contributed by atoms with Gasteiger partial charge in [0.2, 0.25) is 0 Å². The zero-order valence-corrected chi connectivity index (χ0v) is 11.8. The lowest BCUT2D eigenvalue weighted by atomic mass is 10.1. The Hall–Kier alpha value is -1.58. The summed E-state index contributed by atoms with van der Waals surface area (Å²) in [6, 6.07) is 12.0. The Balaban J connectivity index is 2.21. The molecule has 100 valence electrons. The predicted molar refractivity (Wildman–Crippen MR) is 80.3 cm³/mol. The maximum absolute atomic E-state index is 5.87. The van der Waals surface area contributed by atoms with Crippen molar-refractivity contribution < 1.29 is 0 Å². The van der Waals surface area contributed by atoms with Crippen LogP contribution in [0.1, 0.15) is 18.1 Å². The molecule has 0 bridgehead atoms. The predicted octanol–water partition coefficient (Wildman–Crippen LogP) is 3.22. The third-order valence-electron chi connectivity index (χ3n) is 3.12. The highest BCUT2D eigenvalue weighted by molar-refractivity contribution is 6.30. The Bertz CT molecular complexity index is 525. The van der Waals surface area contributed by atoms with E-state index in [0.717, 1.165) is 18.9 Å². The molecular formula is C15H18ClN3. The number of hydrogen-bond donors (Lipinski definition) is 1. The SMILES string of the molecule is CCN(Cc1ccccc1CN)c1ccc(Cl)cn1. The third-order valence-corrected chi connectivity index (χ3v) is 3.34. The summed E-state index contributed by atoms with van der Waals surface area (Å²) in [4.78, 5) is 6.56. The molecule has 1 heterocycles. The second-order valence-corrected chi connectivity index (χ2v) is 4.76. The zero-order valence-electron chi connectivity index (χ0n) is 11.0. The van der Waals surface area contributed by atoms with Gasteiger partial charge in [-0.3, -0.25) is 0 Å². The van der Waals surface area contributed by atoms with Crippen molar-refractivity contribution in [2.75, 3.05) is 11.4 Å². The van der Waals surface area contributed by atoms with Crippen LogP contribution in [0, 0.1) is 0 Å². The van der Waals surface area contributed by atoms with E-state index in [1.165, 1.54) is 11.1 Å². The zero-order chi connectivity index (χ0) is 13.7. The molecule has 2 aromatic rings. The molecule has 0 aliphatic rings. The van der Waals surface area contributed by atoms with Gasteiger partial charge >= 0.3 is 0 Å². The second-order valence-electron chi connectivity index (χ2n) is 4.32. The molecule has 0 atom stereocenters. The number of nitrogens with two attached hydrogens (primary N) is 1. The lowest BCUT2D eigenvalue weighted by Gasteiger charge is -2.23. The van der Waals surface area contributed by atoms with Crippen LogP contribution < -0.4 is 10.6 Å². The van der Waals surface area contributed by atoms with Crippen molar-refractivity contribution in [3.63, 3.8) is 0 Å². The van der Waals surface area contributed by atoms with Gasteiger partial charge < -0.3 is 10.6 Å². The normalized spacial score (nSPS) is 10.5. The smallest absolute Gasteiger partial charge is 0.128 e. The summed E-state index contributed by atoms with van der Waals surface area (Å²) >= 11 is 5.87. The Labute approximate surface area is 119 Å². The van der Waals surface area contributed by atoms with Crippen molar-refractivity contribution in [2.24, 2.45) is 5.73 Å². The van der Waals surface area contributed by atoms with Crippen LogP contribution in [-0.2, 0) is 13.1 Å². The van der Waals surface area contributed by atoms with Gasteiger partial charge in [-0.15, -0.1) is 0 Å². The van der Waals surface area contributed by atoms with E-state index in [1.807, 2.05) is 24.3 Å². The molecule has 1 aromatic carbocycles. The molecule has 0 unspecified atom stereocenters. The van der Waals surface area contributed by atoms with Crippen LogP contribution in [0.5, 0.6) is 0 Å². The lowest BCUT2D eigenvalue weighted by molar-refractivity contribution is 0.803. The molecule has 0 aliphatic carbocycles. The Kier molecular flexibility index (Phi) is 4.77. The van der Waals surface area contributed by atoms with Gasteiger partial charge in [0, 0.05) is 25.8 Å². The average Bonchev–Trinajstić information content (AvgIpc) is 2.46. The van der Waals surface area contributed by atoms with Gasteiger partial charge in [-0.05, 0) is 30.2 Å². The third kappa shape index (κ3) is 3.46. The fraction of sp³-hybridized carbons (Fsp3) is 0.267. The maximum Gasteiger partial charge on any atom is 0.128 e. The van der Waals surface area contributed by atoms with E-state index in [1.54, 1.807) is 6.20 Å². The largest absolute Gasteiger partial charge is 0.353 e. The molecule has 4 heteroatoms. The number of halogens is 1. The molecular weight excluding hydrogens is 258 g/mol. The summed E-state index contributed by atoms with van der Waals surface area (Å²) in [5.41, 5.74) is 8.19. The van der Waals surface area contributed by atoms with E-state index in [0.29, 0.717) is 11.6 Å². The highest BCUT2D eigenvalue weighted by atomic mass is 35.5. The van der Waals surface area contributed by atoms with E-state index in [2.05, 4.69) is 28.9 Å². The number of hydrogen-bond acceptors (Lipinski definition) is 3. The topological polar surface area (TPSA) is 42.1 Å². The Morgan fingerprint density at radius 1 is 1.16 bits per heavy atom. The highest BCUT2D eigenvalue weighted by Gasteiger charge is 2.08. The summed E-state index contributed by atoms with van der Waals surface area (Å²) in [5.74, 6) is 0.929. The van der Waals surface area contributed by atoms with Crippen LogP contribution in [0.4, 0.5) is 5.82 Å². The van der Waals surface area contributed by atoms with Gasteiger partial charge in [0.25, 0.3) is 0 Å². The van der Waals surface area contributed by atoms with Crippen LogP contribution in [0.15, 0.2) is 42.6 Å². The first-order valence-electron chi connectivity index (χ1n) is 6.38. The van der Waals surface area contributed by atoms with Gasteiger partial charge in [0.1, 0.15) is 5.82 Å². The van der Waals surface area contributed by atoms with Crippen LogP contribution in [-0.4, -0.2) is 11.5 Å². The van der Waals surface area contributed by atoms with E-state index >= 15 is 0 Å². The number of benzene rings is 1. The van der Waals surface area contributed by atoms with Gasteiger partial charge in [-0.2, -0.15) is 0 Å². The van der Waals surface area contributed by atoms with Crippen LogP contribution in [0.25, 0.3) is 0 Å². The lowest BCUT2D eigenvalue weighted by Crippen LogP contribution is -2.24. The summed E-state index contributed by atoms with van der Waals surface area (Å²) in [7, 11) is 0. The fourth-order valence-electron chi connectivity index (χ4n) is 2.03. The number of pyridine rings is 1. The average molecular weight is 276 g/mol. The minimum absolute atomic E-state index is 0.557. The first-order chi connectivity index (χ1) is 9.24. The van der Waals surface area contributed by atoms with Crippen molar-refractivity contribution in [2.45, 2.75) is 20.0 Å². The highest BCUT2D eigenvalue weighted by Crippen LogP contribution is 2.18. The molecule has 2 N–H and O–H groups in total. The van der Waals surface area contributed by atoms with E-state index < -0.39 is 0 Å². The molecule has 0 aliphatic heterocycles. The first-order valence-corrected chi connectivity index (χ1v) is 6.75. The Morgan fingerprint density at radius 3 is 2.47 bits per heavy atom. The molecule has 0 saturated heterocycles. The van der Waals surface area contributed by atoms with Gasteiger partial charge in [-0.25, -0.2) is 4.98 Å². The molecule has 0 radical (unpaired) electrons. The molecule has 19 heavy (non-hydrogen) atoms. The van der Waals surface area contributed by atoms with Crippen molar-refractivity contribution in [3.8, 4) is 0 Å². The fourth-order valence-corrected chi connectivity index (χ4v) is 2.14. The summed E-state index contributed by atoms with van der Waals surface area (Å²) in [6.45, 7) is 4.36. The molecule has 2 rings (SSSR count). The minimum Gasteiger partial charge on any atom is -0.353 e. The van der Waals surface area contributed by atoms with Crippen LogP contribution in [0.3, 0.4) is 0 Å². The number of anilines is 1. The second kappa shape index (κ2) is 6.55. The van der Waals surface area contributed by atoms with Crippen LogP contribution >= 0.6 is 11.6 Å². The van der Waals surface area contributed by atoms with Gasteiger partial charge in [0.15, 0.2) is 0 Å². The first kappa shape index (κ1) is 13.8. The van der Waals surface area contributed by atoms with Crippen molar-refractivity contribution in [1.82, 2.24) is 4.98 Å². The monoisotopic (exact) mass is 275 g/mol. The number of rotatable bonds is 5. The standard InChI is InChI=1S/C15H18ClN3/c1-2-19(15-8-7-14(16)10-18-15)11-13-6-4-3-5-12(13)9-17/h3-8,10H,2,9,11,17H2,1H3. The van der Waals surface area contributed by atoms with E-state index in [9.17, 15) is 0 Å². The summed E-state index contributed by atoms with van der Waals surface area (Å²) in [6.07, 6.45) is 1.67. The molecule has 0 fully saturated rings. The number of aromatic nitrogens is 1. The van der Waals surface area contributed by atoms with Crippen molar-refractivity contribution in [3.05, 3.63) is 58.7 Å². The molecule has 0 spiro atoms.